The lowest BCUT2D eigenvalue weighted by atomic mass is 9.74. The Labute approximate surface area is 462 Å². The third-order valence-electron chi connectivity index (χ3n) is 15.9. The summed E-state index contributed by atoms with van der Waals surface area (Å²) in [6.45, 7) is 16.6. The molecule has 22 nitrogen and oxygen atoms in total. The van der Waals surface area contributed by atoms with Crippen LogP contribution in [0.5, 0.6) is 5.75 Å². The number of aromatic amines is 1. The van der Waals surface area contributed by atoms with Crippen LogP contribution in [0.2, 0.25) is 0 Å². The molecule has 23 heteroatoms. The average Bonchev–Trinajstić information content (AvgIpc) is 4.18. The first-order valence-electron chi connectivity index (χ1n) is 27.5. The molecule has 9 rings (SSSR count). The maximum absolute atomic E-state index is 15.0. The van der Waals surface area contributed by atoms with Crippen molar-refractivity contribution in [1.29, 1.82) is 0 Å². The number of rotatable bonds is 19. The molecule has 422 valence electrons. The van der Waals surface area contributed by atoms with Crippen molar-refractivity contribution in [2.45, 2.75) is 127 Å². The molecule has 2 saturated heterocycles. The second kappa shape index (κ2) is 24.1. The monoisotopic (exact) mass is 1100 g/mol. The van der Waals surface area contributed by atoms with E-state index in [9.17, 15) is 18.0 Å². The number of aryl methyl sites for hydroxylation is 2. The third kappa shape index (κ3) is 12.5. The van der Waals surface area contributed by atoms with Crippen LogP contribution in [-0.4, -0.2) is 158 Å². The van der Waals surface area contributed by atoms with E-state index in [0.717, 1.165) is 68.7 Å². The number of ether oxygens (including phenoxy) is 1. The largest absolute Gasteiger partial charge is 0.492 e. The first-order valence-corrected chi connectivity index (χ1v) is 29.0. The Morgan fingerprint density at radius 2 is 1.65 bits per heavy atom. The maximum Gasteiger partial charge on any atom is 0.254 e. The molecule has 5 atom stereocenters. The van der Waals surface area contributed by atoms with Crippen LogP contribution in [-0.2, 0) is 19.4 Å². The van der Waals surface area contributed by atoms with Crippen LogP contribution in [0.15, 0.2) is 72.1 Å². The number of carbonyl (C=O) groups is 3. The molecule has 6 aromatic rings. The predicted octanol–water partition coefficient (Wildman–Crippen LogP) is 5.63. The molecule has 0 radical (unpaired) electrons. The van der Waals surface area contributed by atoms with Gasteiger partial charge in [0.25, 0.3) is 5.91 Å². The van der Waals surface area contributed by atoms with Crippen LogP contribution < -0.4 is 36.6 Å². The zero-order valence-electron chi connectivity index (χ0n) is 46.6. The van der Waals surface area contributed by atoms with Gasteiger partial charge >= 0.3 is 0 Å². The molecule has 2 aromatic carbocycles. The summed E-state index contributed by atoms with van der Waals surface area (Å²) in [5.74, 6) is 0.833. The molecule has 0 spiro atoms. The van der Waals surface area contributed by atoms with E-state index in [1.54, 1.807) is 48.6 Å². The number of hydrogen-bond donors (Lipinski definition) is 6. The maximum atomic E-state index is 15.0. The number of benzene rings is 2. The minimum atomic E-state index is -3.85. The van der Waals surface area contributed by atoms with Crippen LogP contribution in [0.4, 0.5) is 23.4 Å². The van der Waals surface area contributed by atoms with Crippen molar-refractivity contribution in [1.82, 2.24) is 60.3 Å². The highest BCUT2D eigenvalue weighted by molar-refractivity contribution is 7.92. The van der Waals surface area contributed by atoms with E-state index in [2.05, 4.69) is 66.3 Å². The number of H-pyrrole nitrogens is 1. The van der Waals surface area contributed by atoms with Gasteiger partial charge in [-0.3, -0.25) is 24.4 Å². The molecule has 0 bridgehead atoms. The number of nitrogens with zero attached hydrogens (tertiary/aromatic N) is 10. The molecule has 3 fully saturated rings. The van der Waals surface area contributed by atoms with Gasteiger partial charge in [-0.15, -0.1) is 0 Å². The number of nitrogens with two attached hydrogens (primary N) is 1. The molecule has 3 amide bonds. The van der Waals surface area contributed by atoms with Crippen molar-refractivity contribution >= 4 is 61.9 Å². The van der Waals surface area contributed by atoms with Gasteiger partial charge in [0.05, 0.1) is 39.7 Å². The fraction of sp³-hybridized carbons (Fsp3) is 0.518. The highest BCUT2D eigenvalue weighted by Crippen LogP contribution is 2.38. The summed E-state index contributed by atoms with van der Waals surface area (Å²) in [7, 11) is -2.01. The van der Waals surface area contributed by atoms with E-state index in [1.807, 2.05) is 65.1 Å². The van der Waals surface area contributed by atoms with Crippen molar-refractivity contribution in [3.8, 4) is 11.4 Å². The van der Waals surface area contributed by atoms with Crippen LogP contribution in [0.25, 0.3) is 16.6 Å². The molecular formula is C56H76N16O6S. The number of carbonyl (C=O) groups excluding carboxylic acids is 3. The Morgan fingerprint density at radius 3 is 2.32 bits per heavy atom. The number of sulfone groups is 1. The van der Waals surface area contributed by atoms with Crippen LogP contribution >= 0.6 is 0 Å². The Hall–Kier alpha value is -7.08. The number of para-hydroxylation sites is 1. The summed E-state index contributed by atoms with van der Waals surface area (Å²) in [6.07, 6.45) is 10.2. The lowest BCUT2D eigenvalue weighted by molar-refractivity contribution is -0.143. The molecule has 3 aliphatic rings. The predicted molar refractivity (Wildman–Crippen MR) is 303 cm³/mol. The van der Waals surface area contributed by atoms with Gasteiger partial charge in [0, 0.05) is 98.6 Å². The number of likely N-dealkylation sites (N-methyl/N-ethyl adjacent to an activating group) is 1. The van der Waals surface area contributed by atoms with E-state index in [-0.39, 0.29) is 59.6 Å². The summed E-state index contributed by atoms with van der Waals surface area (Å²) in [4.78, 5) is 67.7. The number of anilines is 4. The van der Waals surface area contributed by atoms with Crippen LogP contribution in [0.1, 0.15) is 99.9 Å². The normalized spacial score (nSPS) is 18.8. The quantitative estimate of drug-likeness (QED) is 0.0536. The van der Waals surface area contributed by atoms with Gasteiger partial charge in [-0.05, 0) is 105 Å². The van der Waals surface area contributed by atoms with Gasteiger partial charge < -0.3 is 41.5 Å². The highest BCUT2D eigenvalue weighted by Gasteiger charge is 2.46. The molecule has 4 aromatic heterocycles. The number of fused-ring (bicyclic) bond motifs is 1. The standard InChI is InChI=1S/C56H76N16O6S/c1-34-26-47(72(68-34)41-18-13-10-14-19-41)64-53(74)44-27-40(32-71(44)54(75)48(49(57)37(4)58-8)38-16-11-9-12-17-38)63-52(73)39-30-59-55(60-31-39)70-23-21-69(22-24-70)20-15-25-78-45-29-43-42(28-46(45)79(76,77)56(5,6)7)51(62-33-61-43)65-50-35(2)36(3)66-67-50/h10,13-14,18-19,26,28-31,33,37-38,40,44,48-49,58H,9,11-12,15-17,20-25,27,32,57H2,1-8H3,(H,63,73)(H,64,74)(H2,61,62,65,66,67)/t37-,40-,44-,48-,49?/m0/s1. The smallest absolute Gasteiger partial charge is 0.254 e. The zero-order valence-corrected chi connectivity index (χ0v) is 47.4. The summed E-state index contributed by atoms with van der Waals surface area (Å²) in [6, 6.07) is 12.5. The SMILES string of the molecule is CN[C@@H](C)C(N)[C@@H](C(=O)N1C[C@@H](NC(=O)c2cnc(N3CCN(CCCOc4cc5ncnc(Nc6n[nH]c(C)c6C)c5cc4S(=O)(=O)C(C)(C)C)CC3)nc2)C[C@H]1C(=O)Nc1cc(C)nn1-c1ccccc1)C1CCCCC1. The lowest BCUT2D eigenvalue weighted by Gasteiger charge is -2.39. The van der Waals surface area contributed by atoms with E-state index in [4.69, 9.17) is 10.5 Å². The molecule has 1 unspecified atom stereocenters. The van der Waals surface area contributed by atoms with Gasteiger partial charge in [-0.2, -0.15) is 10.2 Å². The molecule has 79 heavy (non-hydrogen) atoms. The average molecular weight is 1100 g/mol. The van der Waals surface area contributed by atoms with Crippen molar-refractivity contribution in [2.24, 2.45) is 17.6 Å². The van der Waals surface area contributed by atoms with Crippen LogP contribution in [0.3, 0.4) is 0 Å². The fourth-order valence-electron chi connectivity index (χ4n) is 10.9. The van der Waals surface area contributed by atoms with Gasteiger partial charge in [-0.25, -0.2) is 33.0 Å². The molecule has 6 heterocycles. The van der Waals surface area contributed by atoms with Gasteiger partial charge in [0.15, 0.2) is 15.7 Å². The Bertz CT molecular complexity index is 3220. The van der Waals surface area contributed by atoms with Gasteiger partial charge in [0.2, 0.25) is 17.8 Å². The molecule has 7 N–H and O–H groups in total. The van der Waals surface area contributed by atoms with Crippen LogP contribution in [0, 0.1) is 32.6 Å². The Morgan fingerprint density at radius 1 is 0.924 bits per heavy atom. The summed E-state index contributed by atoms with van der Waals surface area (Å²) in [5.41, 5.74) is 11.0. The minimum Gasteiger partial charge on any atom is -0.492 e. The summed E-state index contributed by atoms with van der Waals surface area (Å²) in [5, 5.41) is 25.1. The molecule has 2 aliphatic heterocycles. The van der Waals surface area contributed by atoms with E-state index < -0.39 is 44.5 Å². The molecule has 1 saturated carbocycles. The number of piperazine rings is 1. The topological polar surface area (TPSA) is 276 Å². The number of nitrogens with one attached hydrogen (secondary N) is 5. The number of hydrogen-bond acceptors (Lipinski definition) is 17. The first-order chi connectivity index (χ1) is 37.8. The summed E-state index contributed by atoms with van der Waals surface area (Å²) >= 11 is 0. The Balaban J connectivity index is 0.820. The third-order valence-corrected chi connectivity index (χ3v) is 18.4. The second-order valence-electron chi connectivity index (χ2n) is 22.3. The Kier molecular flexibility index (Phi) is 17.3. The lowest BCUT2D eigenvalue weighted by Crippen LogP contribution is -2.56. The minimum absolute atomic E-state index is 0.0710. The van der Waals surface area contributed by atoms with Gasteiger partial charge in [0.1, 0.15) is 34.6 Å². The second-order valence-corrected chi connectivity index (χ2v) is 25.0. The highest BCUT2D eigenvalue weighted by atomic mass is 32.2. The first kappa shape index (κ1) is 56.6. The van der Waals surface area contributed by atoms with E-state index >= 15 is 4.79 Å². The number of likely N-dealkylation sites (tertiary alicyclic amines) is 1. The van der Waals surface area contributed by atoms with Crippen molar-refractivity contribution < 1.29 is 27.5 Å². The fourth-order valence-corrected chi connectivity index (χ4v) is 12.2. The molecule has 1 aliphatic carbocycles. The van der Waals surface area contributed by atoms with E-state index in [0.29, 0.717) is 59.5 Å². The zero-order chi connectivity index (χ0) is 56.2. The van der Waals surface area contributed by atoms with Crippen molar-refractivity contribution in [2.75, 3.05) is 68.5 Å². The van der Waals surface area contributed by atoms with Gasteiger partial charge in [-0.1, -0.05) is 37.5 Å². The molecular weight excluding hydrogens is 1020 g/mol. The number of amides is 3. The van der Waals surface area contributed by atoms with Crippen molar-refractivity contribution in [3.63, 3.8) is 0 Å². The summed E-state index contributed by atoms with van der Waals surface area (Å²) < 4.78 is 34.9. The number of aromatic nitrogens is 8. The van der Waals surface area contributed by atoms with E-state index in [1.165, 1.54) is 18.7 Å². The van der Waals surface area contributed by atoms with Crippen molar-refractivity contribution in [3.05, 3.63) is 89.8 Å².